The van der Waals surface area contributed by atoms with E-state index in [2.05, 4.69) is 36.5 Å². The number of nitrogens with two attached hydrogens (primary N) is 2. The molecule has 1 aromatic heterocycles. The molecule has 1 aliphatic carbocycles. The van der Waals surface area contributed by atoms with Crippen molar-refractivity contribution in [2.75, 3.05) is 11.1 Å². The number of benzene rings is 1. The lowest BCUT2D eigenvalue weighted by Gasteiger charge is -2.08. The third-order valence-corrected chi connectivity index (χ3v) is 4.96. The molecule has 21 heavy (non-hydrogen) atoms. The van der Waals surface area contributed by atoms with Crippen LogP contribution < -0.4 is 16.8 Å². The van der Waals surface area contributed by atoms with Crippen LogP contribution in [-0.2, 0) is 6.54 Å². The lowest BCUT2D eigenvalue weighted by molar-refractivity contribution is 0.100. The Kier molecular flexibility index (Phi) is 3.59. The molecule has 5 heteroatoms. The number of nitrogen functional groups attached to an aromatic ring is 1. The van der Waals surface area contributed by atoms with Crippen molar-refractivity contribution in [2.24, 2.45) is 5.73 Å². The molecule has 0 atom stereocenters. The van der Waals surface area contributed by atoms with Gasteiger partial charge in [-0.05, 0) is 31.2 Å². The summed E-state index contributed by atoms with van der Waals surface area (Å²) in [5, 5.41) is 4.41. The molecule has 110 valence electrons. The second-order valence-corrected chi connectivity index (χ2v) is 6.59. The van der Waals surface area contributed by atoms with Crippen LogP contribution in [0.5, 0.6) is 0 Å². The smallest absolute Gasteiger partial charge is 0.260 e. The van der Waals surface area contributed by atoms with E-state index in [1.54, 1.807) is 0 Å². The Hall–Kier alpha value is -2.01. The average molecular weight is 301 g/mol. The number of carbonyl (C=O) groups excluding carboxylic acids is 1. The van der Waals surface area contributed by atoms with Crippen molar-refractivity contribution in [2.45, 2.75) is 32.2 Å². The topological polar surface area (TPSA) is 81.1 Å². The number of anilines is 2. The minimum absolute atomic E-state index is 0.442. The first-order valence-corrected chi connectivity index (χ1v) is 7.89. The number of primary amides is 1. The highest BCUT2D eigenvalue weighted by molar-refractivity contribution is 7.18. The SMILES string of the molecule is Cc1ccc(CNc2sc(C(N)=O)c(N)c2C2CC2)cc1. The van der Waals surface area contributed by atoms with Gasteiger partial charge < -0.3 is 16.8 Å². The van der Waals surface area contributed by atoms with Crippen LogP contribution in [0.1, 0.15) is 45.1 Å². The van der Waals surface area contributed by atoms with Gasteiger partial charge in [-0.2, -0.15) is 0 Å². The predicted octanol–water partition coefficient (Wildman–Crippen LogP) is 3.23. The van der Waals surface area contributed by atoms with Crippen LogP contribution in [0.3, 0.4) is 0 Å². The zero-order valence-electron chi connectivity index (χ0n) is 12.0. The van der Waals surface area contributed by atoms with Gasteiger partial charge in [0, 0.05) is 12.1 Å². The highest BCUT2D eigenvalue weighted by Crippen LogP contribution is 2.50. The van der Waals surface area contributed by atoms with E-state index in [4.69, 9.17) is 11.5 Å². The van der Waals surface area contributed by atoms with Gasteiger partial charge in [0.05, 0.1) is 10.7 Å². The van der Waals surface area contributed by atoms with Gasteiger partial charge in [-0.15, -0.1) is 11.3 Å². The van der Waals surface area contributed by atoms with Crippen LogP contribution in [-0.4, -0.2) is 5.91 Å². The zero-order chi connectivity index (χ0) is 15.0. The molecule has 2 aromatic rings. The van der Waals surface area contributed by atoms with Gasteiger partial charge in [0.15, 0.2) is 0 Å². The van der Waals surface area contributed by atoms with Crippen molar-refractivity contribution in [3.05, 3.63) is 45.8 Å². The van der Waals surface area contributed by atoms with Crippen LogP contribution in [0, 0.1) is 6.92 Å². The Balaban J connectivity index is 1.82. The molecular formula is C16H19N3OS. The molecule has 0 bridgehead atoms. The summed E-state index contributed by atoms with van der Waals surface area (Å²) in [6.45, 7) is 2.79. The molecule has 3 rings (SSSR count). The molecule has 1 heterocycles. The number of carbonyl (C=O) groups is 1. The van der Waals surface area contributed by atoms with Gasteiger partial charge >= 0.3 is 0 Å². The second-order valence-electron chi connectivity index (χ2n) is 5.57. The zero-order valence-corrected chi connectivity index (χ0v) is 12.8. The van der Waals surface area contributed by atoms with Crippen LogP contribution >= 0.6 is 11.3 Å². The van der Waals surface area contributed by atoms with Crippen molar-refractivity contribution in [1.29, 1.82) is 0 Å². The molecule has 5 N–H and O–H groups in total. The van der Waals surface area contributed by atoms with E-state index in [0.29, 0.717) is 16.5 Å². The fourth-order valence-electron chi connectivity index (χ4n) is 2.44. The van der Waals surface area contributed by atoms with Crippen LogP contribution in [0.4, 0.5) is 10.7 Å². The summed E-state index contributed by atoms with van der Waals surface area (Å²) in [7, 11) is 0. The lowest BCUT2D eigenvalue weighted by Crippen LogP contribution is -2.11. The van der Waals surface area contributed by atoms with Crippen molar-refractivity contribution in [1.82, 2.24) is 0 Å². The van der Waals surface area contributed by atoms with Crippen molar-refractivity contribution < 1.29 is 4.79 Å². The van der Waals surface area contributed by atoms with Gasteiger partial charge in [-0.3, -0.25) is 4.79 Å². The van der Waals surface area contributed by atoms with Gasteiger partial charge in [0.1, 0.15) is 4.88 Å². The number of hydrogen-bond acceptors (Lipinski definition) is 4. The highest BCUT2D eigenvalue weighted by atomic mass is 32.1. The summed E-state index contributed by atoms with van der Waals surface area (Å²) in [6, 6.07) is 8.39. The summed E-state index contributed by atoms with van der Waals surface area (Å²) in [5.74, 6) is 0.0395. The molecule has 1 aliphatic rings. The molecule has 0 aliphatic heterocycles. The van der Waals surface area contributed by atoms with Crippen molar-refractivity contribution >= 4 is 27.9 Å². The Morgan fingerprint density at radius 1 is 1.33 bits per heavy atom. The molecule has 1 fully saturated rings. The lowest BCUT2D eigenvalue weighted by atomic mass is 10.1. The molecule has 0 spiro atoms. The van der Waals surface area contributed by atoms with E-state index in [1.165, 1.54) is 22.5 Å². The number of rotatable bonds is 5. The van der Waals surface area contributed by atoms with Crippen molar-refractivity contribution in [3.63, 3.8) is 0 Å². The summed E-state index contributed by atoms with van der Waals surface area (Å²) in [6.07, 6.45) is 2.27. The minimum Gasteiger partial charge on any atom is -0.397 e. The van der Waals surface area contributed by atoms with E-state index in [1.807, 2.05) is 0 Å². The van der Waals surface area contributed by atoms with Crippen LogP contribution in [0.2, 0.25) is 0 Å². The van der Waals surface area contributed by atoms with Gasteiger partial charge in [-0.1, -0.05) is 29.8 Å². The normalized spacial score (nSPS) is 14.1. The summed E-state index contributed by atoms with van der Waals surface area (Å²) >= 11 is 1.37. The summed E-state index contributed by atoms with van der Waals surface area (Å²) < 4.78 is 0. The maximum Gasteiger partial charge on any atom is 0.260 e. The standard InChI is InChI=1S/C16H19N3OS/c1-9-2-4-10(5-3-9)8-19-16-12(11-6-7-11)13(17)14(21-16)15(18)20/h2-5,11,19H,6-8,17H2,1H3,(H2,18,20). The molecular weight excluding hydrogens is 282 g/mol. The molecule has 4 nitrogen and oxygen atoms in total. The molecule has 1 aromatic carbocycles. The first-order valence-electron chi connectivity index (χ1n) is 7.07. The minimum atomic E-state index is -0.442. The fraction of sp³-hybridized carbons (Fsp3) is 0.312. The number of amides is 1. The number of thiophene rings is 1. The Morgan fingerprint density at radius 3 is 2.57 bits per heavy atom. The molecule has 0 unspecified atom stereocenters. The van der Waals surface area contributed by atoms with Gasteiger partial charge in [0.2, 0.25) is 0 Å². The second kappa shape index (κ2) is 5.41. The van der Waals surface area contributed by atoms with Crippen molar-refractivity contribution in [3.8, 4) is 0 Å². The van der Waals surface area contributed by atoms with Crippen LogP contribution in [0.25, 0.3) is 0 Å². The van der Waals surface area contributed by atoms with Crippen LogP contribution in [0.15, 0.2) is 24.3 Å². The maximum absolute atomic E-state index is 11.5. The number of hydrogen-bond donors (Lipinski definition) is 3. The molecule has 0 saturated heterocycles. The average Bonchev–Trinajstić information content (AvgIpc) is 3.22. The van der Waals surface area contributed by atoms with E-state index >= 15 is 0 Å². The number of nitrogens with one attached hydrogen (secondary N) is 1. The first-order chi connectivity index (χ1) is 10.1. The predicted molar refractivity (Wildman–Crippen MR) is 87.7 cm³/mol. The maximum atomic E-state index is 11.5. The number of aryl methyl sites for hydroxylation is 1. The molecule has 1 amide bonds. The van der Waals surface area contributed by atoms with E-state index in [9.17, 15) is 4.79 Å². The summed E-state index contributed by atoms with van der Waals surface area (Å²) in [4.78, 5) is 11.9. The highest BCUT2D eigenvalue weighted by Gasteiger charge is 2.32. The first kappa shape index (κ1) is 13.9. The Morgan fingerprint density at radius 2 is 2.00 bits per heavy atom. The third kappa shape index (κ3) is 2.88. The Labute approximate surface area is 128 Å². The molecule has 1 saturated carbocycles. The summed E-state index contributed by atoms with van der Waals surface area (Å²) in [5.41, 5.74) is 15.6. The largest absolute Gasteiger partial charge is 0.397 e. The van der Waals surface area contributed by atoms with Gasteiger partial charge in [-0.25, -0.2) is 0 Å². The fourth-order valence-corrected chi connectivity index (χ4v) is 3.49. The van der Waals surface area contributed by atoms with E-state index in [-0.39, 0.29) is 0 Å². The Bertz CT molecular complexity index is 672. The quantitative estimate of drug-likeness (QED) is 0.793. The molecule has 0 radical (unpaired) electrons. The van der Waals surface area contributed by atoms with Gasteiger partial charge in [0.25, 0.3) is 5.91 Å². The van der Waals surface area contributed by atoms with E-state index in [0.717, 1.165) is 30.0 Å². The van der Waals surface area contributed by atoms with E-state index < -0.39 is 5.91 Å². The monoisotopic (exact) mass is 301 g/mol. The third-order valence-electron chi connectivity index (χ3n) is 3.77.